The molecule has 0 bridgehead atoms. The van der Waals surface area contributed by atoms with Gasteiger partial charge in [0.2, 0.25) is 0 Å². The Morgan fingerprint density at radius 3 is 2.50 bits per heavy atom. The first kappa shape index (κ1) is 16.5. The Hall–Kier alpha value is -1.55. The predicted octanol–water partition coefficient (Wildman–Crippen LogP) is 2.26. The molecule has 0 aliphatic rings. The highest BCUT2D eigenvalue weighted by Gasteiger charge is 2.16. The van der Waals surface area contributed by atoms with E-state index in [-0.39, 0.29) is 11.9 Å². The topological polar surface area (TPSA) is 64.3 Å². The van der Waals surface area contributed by atoms with Crippen molar-refractivity contribution in [3.8, 4) is 5.75 Å². The first-order valence-electron chi connectivity index (χ1n) is 7.32. The van der Waals surface area contributed by atoms with Gasteiger partial charge in [-0.2, -0.15) is 0 Å². The molecule has 0 saturated heterocycles. The molecule has 0 aliphatic carbocycles. The molecule has 1 rings (SSSR count). The van der Waals surface area contributed by atoms with Crippen LogP contribution in [0.5, 0.6) is 5.75 Å². The maximum absolute atomic E-state index is 11.9. The molecule has 0 aromatic heterocycles. The third kappa shape index (κ3) is 5.61. The molecule has 1 amide bonds. The van der Waals surface area contributed by atoms with Gasteiger partial charge in [-0.15, -0.1) is 0 Å². The summed E-state index contributed by atoms with van der Waals surface area (Å²) in [6, 6.07) is 7.90. The van der Waals surface area contributed by atoms with E-state index in [2.05, 4.69) is 12.2 Å². The van der Waals surface area contributed by atoms with Crippen LogP contribution in [0.2, 0.25) is 0 Å². The van der Waals surface area contributed by atoms with Crippen molar-refractivity contribution in [3.05, 3.63) is 29.8 Å². The molecule has 1 aromatic rings. The minimum atomic E-state index is -0.491. The summed E-state index contributed by atoms with van der Waals surface area (Å²) < 4.78 is 5.64. The number of benzene rings is 1. The fourth-order valence-electron chi connectivity index (χ4n) is 2.02. The molecule has 4 nitrogen and oxygen atoms in total. The van der Waals surface area contributed by atoms with Crippen molar-refractivity contribution in [2.45, 2.75) is 52.2 Å². The lowest BCUT2D eigenvalue weighted by Crippen LogP contribution is -2.41. The fraction of sp³-hybridized carbons (Fsp3) is 0.562. The second kappa shape index (κ2) is 8.59. The van der Waals surface area contributed by atoms with Gasteiger partial charge in [0.1, 0.15) is 5.75 Å². The zero-order valence-electron chi connectivity index (χ0n) is 12.7. The highest BCUT2D eigenvalue weighted by Crippen LogP contribution is 2.14. The summed E-state index contributed by atoms with van der Waals surface area (Å²) in [5.74, 6) is 0.633. The Bertz CT molecular complexity index is 403. The third-order valence-corrected chi connectivity index (χ3v) is 3.15. The number of rotatable bonds is 8. The van der Waals surface area contributed by atoms with Crippen molar-refractivity contribution < 1.29 is 9.53 Å². The number of carbonyl (C=O) groups is 1. The number of hydrogen-bond acceptors (Lipinski definition) is 3. The summed E-state index contributed by atoms with van der Waals surface area (Å²) in [7, 11) is 0. The highest BCUT2D eigenvalue weighted by atomic mass is 16.5. The average Bonchev–Trinajstić information content (AvgIpc) is 2.41. The van der Waals surface area contributed by atoms with E-state index in [1.807, 2.05) is 31.2 Å². The molecule has 2 unspecified atom stereocenters. The molecule has 3 N–H and O–H groups in total. The summed E-state index contributed by atoms with van der Waals surface area (Å²) in [6.45, 7) is 6.51. The number of ether oxygens (including phenoxy) is 1. The van der Waals surface area contributed by atoms with Gasteiger partial charge in [-0.25, -0.2) is 0 Å². The Balaban J connectivity index is 2.48. The highest BCUT2D eigenvalue weighted by molar-refractivity contribution is 5.80. The zero-order chi connectivity index (χ0) is 15.0. The maximum Gasteiger partial charge on any atom is 0.260 e. The van der Waals surface area contributed by atoms with E-state index in [0.29, 0.717) is 12.3 Å². The second-order valence-electron chi connectivity index (χ2n) is 5.14. The van der Waals surface area contributed by atoms with Gasteiger partial charge in [-0.1, -0.05) is 25.5 Å². The number of nitrogens with one attached hydrogen (secondary N) is 1. The van der Waals surface area contributed by atoms with E-state index in [0.717, 1.165) is 19.3 Å². The molecule has 112 valence electrons. The van der Waals surface area contributed by atoms with E-state index in [1.54, 1.807) is 6.92 Å². The Labute approximate surface area is 121 Å². The predicted molar refractivity (Wildman–Crippen MR) is 81.8 cm³/mol. The second-order valence-corrected chi connectivity index (χ2v) is 5.14. The van der Waals surface area contributed by atoms with Crippen LogP contribution in [0, 0.1) is 0 Å². The molecule has 0 heterocycles. The number of nitrogens with two attached hydrogens (primary N) is 1. The number of amides is 1. The van der Waals surface area contributed by atoms with Crippen molar-refractivity contribution in [3.63, 3.8) is 0 Å². The Morgan fingerprint density at radius 1 is 1.30 bits per heavy atom. The SMILES string of the molecule is CCCC(C)NC(=O)C(C)Oc1ccc(CCN)cc1. The van der Waals surface area contributed by atoms with Crippen LogP contribution in [-0.4, -0.2) is 24.6 Å². The molecule has 0 radical (unpaired) electrons. The largest absolute Gasteiger partial charge is 0.481 e. The molecular weight excluding hydrogens is 252 g/mol. The summed E-state index contributed by atoms with van der Waals surface area (Å²) in [6.07, 6.45) is 2.39. The van der Waals surface area contributed by atoms with Gasteiger partial charge < -0.3 is 15.8 Å². The molecule has 1 aromatic carbocycles. The molecule has 20 heavy (non-hydrogen) atoms. The van der Waals surface area contributed by atoms with Crippen LogP contribution >= 0.6 is 0 Å². The molecule has 2 atom stereocenters. The van der Waals surface area contributed by atoms with Crippen molar-refractivity contribution >= 4 is 5.91 Å². The minimum absolute atomic E-state index is 0.0722. The maximum atomic E-state index is 11.9. The lowest BCUT2D eigenvalue weighted by atomic mass is 10.1. The van der Waals surface area contributed by atoms with Crippen molar-refractivity contribution in [2.75, 3.05) is 6.54 Å². The van der Waals surface area contributed by atoms with Crippen molar-refractivity contribution in [1.29, 1.82) is 0 Å². The Kier molecular flexibility index (Phi) is 7.09. The van der Waals surface area contributed by atoms with Crippen LogP contribution < -0.4 is 15.8 Å². The summed E-state index contributed by atoms with van der Waals surface area (Å²) in [5, 5.41) is 2.95. The quantitative estimate of drug-likeness (QED) is 0.766. The van der Waals surface area contributed by atoms with Crippen LogP contribution in [0.3, 0.4) is 0 Å². The summed E-state index contributed by atoms with van der Waals surface area (Å²) in [5.41, 5.74) is 6.68. The molecule has 0 saturated carbocycles. The van der Waals surface area contributed by atoms with Crippen LogP contribution in [-0.2, 0) is 11.2 Å². The lowest BCUT2D eigenvalue weighted by Gasteiger charge is -2.18. The molecule has 4 heteroatoms. The van der Waals surface area contributed by atoms with Gasteiger partial charge in [0.15, 0.2) is 6.10 Å². The molecular formula is C16H26N2O2. The number of carbonyl (C=O) groups excluding carboxylic acids is 1. The van der Waals surface area contributed by atoms with Gasteiger partial charge in [0, 0.05) is 6.04 Å². The average molecular weight is 278 g/mol. The summed E-state index contributed by atoms with van der Waals surface area (Å²) in [4.78, 5) is 11.9. The Morgan fingerprint density at radius 2 is 1.95 bits per heavy atom. The first-order chi connectivity index (χ1) is 9.56. The summed E-state index contributed by atoms with van der Waals surface area (Å²) >= 11 is 0. The van der Waals surface area contributed by atoms with Crippen LogP contribution in [0.15, 0.2) is 24.3 Å². The van der Waals surface area contributed by atoms with Gasteiger partial charge in [-0.05, 0) is 50.9 Å². The van der Waals surface area contributed by atoms with Gasteiger partial charge in [-0.3, -0.25) is 4.79 Å². The minimum Gasteiger partial charge on any atom is -0.481 e. The van der Waals surface area contributed by atoms with Crippen LogP contribution in [0.1, 0.15) is 39.2 Å². The van der Waals surface area contributed by atoms with Crippen molar-refractivity contribution in [1.82, 2.24) is 5.32 Å². The van der Waals surface area contributed by atoms with E-state index < -0.39 is 6.10 Å². The van der Waals surface area contributed by atoms with Gasteiger partial charge >= 0.3 is 0 Å². The van der Waals surface area contributed by atoms with Crippen LogP contribution in [0.4, 0.5) is 0 Å². The fourth-order valence-corrected chi connectivity index (χ4v) is 2.02. The third-order valence-electron chi connectivity index (χ3n) is 3.15. The molecule has 0 spiro atoms. The van der Waals surface area contributed by atoms with Gasteiger partial charge in [0.25, 0.3) is 5.91 Å². The van der Waals surface area contributed by atoms with Crippen molar-refractivity contribution in [2.24, 2.45) is 5.73 Å². The lowest BCUT2D eigenvalue weighted by molar-refractivity contribution is -0.127. The van der Waals surface area contributed by atoms with E-state index in [4.69, 9.17) is 10.5 Å². The van der Waals surface area contributed by atoms with E-state index in [1.165, 1.54) is 5.56 Å². The molecule has 0 fully saturated rings. The first-order valence-corrected chi connectivity index (χ1v) is 7.32. The standard InChI is InChI=1S/C16H26N2O2/c1-4-5-12(2)18-16(19)13(3)20-15-8-6-14(7-9-15)10-11-17/h6-9,12-13H,4-5,10-11,17H2,1-3H3,(H,18,19). The van der Waals surface area contributed by atoms with Crippen LogP contribution in [0.25, 0.3) is 0 Å². The van der Waals surface area contributed by atoms with E-state index >= 15 is 0 Å². The normalized spacial score (nSPS) is 13.6. The monoisotopic (exact) mass is 278 g/mol. The zero-order valence-corrected chi connectivity index (χ0v) is 12.7. The number of hydrogen-bond donors (Lipinski definition) is 2. The van der Waals surface area contributed by atoms with E-state index in [9.17, 15) is 4.79 Å². The van der Waals surface area contributed by atoms with Gasteiger partial charge in [0.05, 0.1) is 0 Å². The molecule has 0 aliphatic heterocycles. The smallest absolute Gasteiger partial charge is 0.260 e.